The van der Waals surface area contributed by atoms with Gasteiger partial charge in [-0.2, -0.15) is 0 Å². The molecule has 0 radical (unpaired) electrons. The van der Waals surface area contributed by atoms with E-state index >= 15 is 0 Å². The van der Waals surface area contributed by atoms with Crippen LogP contribution in [-0.4, -0.2) is 38.8 Å². The van der Waals surface area contributed by atoms with Crippen LogP contribution in [0.15, 0.2) is 4.99 Å². The van der Waals surface area contributed by atoms with Crippen LogP contribution >= 0.6 is 0 Å². The molecule has 0 bridgehead atoms. The third-order valence-corrected chi connectivity index (χ3v) is 2.43. The van der Waals surface area contributed by atoms with Gasteiger partial charge in [0, 0.05) is 26.2 Å². The summed E-state index contributed by atoms with van der Waals surface area (Å²) in [6, 6.07) is 0.286. The first-order chi connectivity index (χ1) is 8.24. The molecule has 102 valence electrons. The Bertz CT molecular complexity index is 195. The Hall–Kier alpha value is -0.770. The zero-order valence-electron chi connectivity index (χ0n) is 11.9. The lowest BCUT2D eigenvalue weighted by Gasteiger charge is -2.16. The van der Waals surface area contributed by atoms with Gasteiger partial charge in [-0.05, 0) is 20.3 Å². The maximum Gasteiger partial charge on any atom is 0.191 e. The van der Waals surface area contributed by atoms with Gasteiger partial charge in [0.15, 0.2) is 5.96 Å². The minimum Gasteiger partial charge on any atom is -0.383 e. The predicted octanol–water partition coefficient (Wildman–Crippen LogP) is 2.16. The Morgan fingerprint density at radius 1 is 1.24 bits per heavy atom. The van der Waals surface area contributed by atoms with Crippen LogP contribution in [0.25, 0.3) is 0 Å². The summed E-state index contributed by atoms with van der Waals surface area (Å²) in [4.78, 5) is 4.55. The number of unbranched alkanes of at least 4 members (excludes halogenated alkanes) is 3. The minimum absolute atomic E-state index is 0.286. The van der Waals surface area contributed by atoms with Crippen molar-refractivity contribution in [1.82, 2.24) is 10.6 Å². The Labute approximate surface area is 106 Å². The van der Waals surface area contributed by atoms with Gasteiger partial charge in [0.05, 0.1) is 6.61 Å². The smallest absolute Gasteiger partial charge is 0.191 e. The fourth-order valence-electron chi connectivity index (χ4n) is 1.57. The highest BCUT2D eigenvalue weighted by atomic mass is 16.5. The SMILES string of the molecule is CCCCCCN=C(NCC)NC(C)COC. The topological polar surface area (TPSA) is 45.7 Å². The number of nitrogens with one attached hydrogen (secondary N) is 2. The van der Waals surface area contributed by atoms with E-state index in [-0.39, 0.29) is 6.04 Å². The van der Waals surface area contributed by atoms with E-state index in [0.29, 0.717) is 6.61 Å². The van der Waals surface area contributed by atoms with Gasteiger partial charge in [0.25, 0.3) is 0 Å². The number of hydrogen-bond donors (Lipinski definition) is 2. The number of guanidine groups is 1. The molecule has 2 N–H and O–H groups in total. The molecule has 4 heteroatoms. The van der Waals surface area contributed by atoms with Gasteiger partial charge >= 0.3 is 0 Å². The average molecular weight is 243 g/mol. The molecule has 0 aromatic heterocycles. The zero-order chi connectivity index (χ0) is 12.9. The van der Waals surface area contributed by atoms with E-state index in [9.17, 15) is 0 Å². The standard InChI is InChI=1S/C13H29N3O/c1-5-7-8-9-10-15-13(14-6-2)16-12(3)11-17-4/h12H,5-11H2,1-4H3,(H2,14,15,16). The normalized spacial score (nSPS) is 13.5. The van der Waals surface area contributed by atoms with Gasteiger partial charge in [-0.3, -0.25) is 4.99 Å². The Morgan fingerprint density at radius 2 is 2.00 bits per heavy atom. The largest absolute Gasteiger partial charge is 0.383 e. The van der Waals surface area contributed by atoms with Crippen LogP contribution in [0.3, 0.4) is 0 Å². The second-order valence-electron chi connectivity index (χ2n) is 4.32. The summed E-state index contributed by atoms with van der Waals surface area (Å²) in [6.45, 7) is 8.87. The first kappa shape index (κ1) is 16.2. The minimum atomic E-state index is 0.286. The Morgan fingerprint density at radius 3 is 2.59 bits per heavy atom. The van der Waals surface area contributed by atoms with Crippen molar-refractivity contribution in [2.75, 3.05) is 26.8 Å². The van der Waals surface area contributed by atoms with Gasteiger partial charge < -0.3 is 15.4 Å². The molecule has 0 aromatic rings. The number of aliphatic imine (C=N–C) groups is 1. The van der Waals surface area contributed by atoms with Crippen molar-refractivity contribution in [3.05, 3.63) is 0 Å². The number of methoxy groups -OCH3 is 1. The van der Waals surface area contributed by atoms with E-state index in [4.69, 9.17) is 4.74 Å². The van der Waals surface area contributed by atoms with Crippen LogP contribution in [0.1, 0.15) is 46.5 Å². The first-order valence-electron chi connectivity index (χ1n) is 6.78. The predicted molar refractivity (Wildman–Crippen MR) is 74.6 cm³/mol. The van der Waals surface area contributed by atoms with Gasteiger partial charge in [0.2, 0.25) is 0 Å². The highest BCUT2D eigenvalue weighted by Gasteiger charge is 2.03. The Kier molecular flexibility index (Phi) is 11.2. The number of nitrogens with zero attached hydrogens (tertiary/aromatic N) is 1. The summed E-state index contributed by atoms with van der Waals surface area (Å²) in [5, 5.41) is 6.57. The van der Waals surface area contributed by atoms with Crippen molar-refractivity contribution in [1.29, 1.82) is 0 Å². The fourth-order valence-corrected chi connectivity index (χ4v) is 1.57. The molecular formula is C13H29N3O. The van der Waals surface area contributed by atoms with Crippen LogP contribution in [0, 0.1) is 0 Å². The van der Waals surface area contributed by atoms with Crippen molar-refractivity contribution in [2.24, 2.45) is 4.99 Å². The van der Waals surface area contributed by atoms with Crippen LogP contribution in [0.2, 0.25) is 0 Å². The zero-order valence-corrected chi connectivity index (χ0v) is 11.9. The second kappa shape index (κ2) is 11.7. The molecule has 0 heterocycles. The second-order valence-corrected chi connectivity index (χ2v) is 4.32. The first-order valence-corrected chi connectivity index (χ1v) is 6.78. The van der Waals surface area contributed by atoms with E-state index in [2.05, 4.69) is 36.4 Å². The summed E-state index contributed by atoms with van der Waals surface area (Å²) < 4.78 is 5.09. The highest BCUT2D eigenvalue weighted by Crippen LogP contribution is 1.98. The van der Waals surface area contributed by atoms with Crippen molar-refractivity contribution < 1.29 is 4.74 Å². The molecule has 1 atom stereocenters. The van der Waals surface area contributed by atoms with Crippen molar-refractivity contribution in [2.45, 2.75) is 52.5 Å². The van der Waals surface area contributed by atoms with E-state index < -0.39 is 0 Å². The maximum atomic E-state index is 5.09. The van der Waals surface area contributed by atoms with Gasteiger partial charge in [-0.25, -0.2) is 0 Å². The molecule has 0 aliphatic rings. The summed E-state index contributed by atoms with van der Waals surface area (Å²) in [5.74, 6) is 0.897. The quantitative estimate of drug-likeness (QED) is 0.370. The highest BCUT2D eigenvalue weighted by molar-refractivity contribution is 5.80. The average Bonchev–Trinajstić information content (AvgIpc) is 2.29. The molecular weight excluding hydrogens is 214 g/mol. The molecule has 0 fully saturated rings. The molecule has 0 aliphatic heterocycles. The fraction of sp³-hybridized carbons (Fsp3) is 0.923. The lowest BCUT2D eigenvalue weighted by molar-refractivity contribution is 0.179. The van der Waals surface area contributed by atoms with Crippen molar-refractivity contribution in [3.63, 3.8) is 0 Å². The molecule has 4 nitrogen and oxygen atoms in total. The van der Waals surface area contributed by atoms with E-state index in [1.165, 1.54) is 25.7 Å². The molecule has 17 heavy (non-hydrogen) atoms. The molecule has 0 aromatic carbocycles. The van der Waals surface area contributed by atoms with Crippen LogP contribution < -0.4 is 10.6 Å². The molecule has 1 unspecified atom stereocenters. The molecule has 0 aliphatic carbocycles. The van der Waals surface area contributed by atoms with E-state index in [1.807, 2.05) is 0 Å². The summed E-state index contributed by atoms with van der Waals surface area (Å²) in [6.07, 6.45) is 5.02. The number of rotatable bonds is 9. The van der Waals surface area contributed by atoms with Gasteiger partial charge in [-0.1, -0.05) is 26.2 Å². The molecule has 0 saturated carbocycles. The molecule has 0 saturated heterocycles. The van der Waals surface area contributed by atoms with E-state index in [1.54, 1.807) is 7.11 Å². The van der Waals surface area contributed by atoms with Crippen molar-refractivity contribution in [3.8, 4) is 0 Å². The third-order valence-electron chi connectivity index (χ3n) is 2.43. The van der Waals surface area contributed by atoms with E-state index in [0.717, 1.165) is 19.0 Å². The van der Waals surface area contributed by atoms with Gasteiger partial charge in [0.1, 0.15) is 0 Å². The maximum absolute atomic E-state index is 5.09. The summed E-state index contributed by atoms with van der Waals surface area (Å²) in [5.41, 5.74) is 0. The molecule has 0 rings (SSSR count). The van der Waals surface area contributed by atoms with Gasteiger partial charge in [-0.15, -0.1) is 0 Å². The van der Waals surface area contributed by atoms with Crippen LogP contribution in [0.4, 0.5) is 0 Å². The van der Waals surface area contributed by atoms with Crippen LogP contribution in [-0.2, 0) is 4.74 Å². The summed E-state index contributed by atoms with van der Waals surface area (Å²) >= 11 is 0. The Balaban J connectivity index is 3.89. The number of hydrogen-bond acceptors (Lipinski definition) is 2. The monoisotopic (exact) mass is 243 g/mol. The lowest BCUT2D eigenvalue weighted by Crippen LogP contribution is -2.44. The molecule has 0 amide bonds. The van der Waals surface area contributed by atoms with Crippen molar-refractivity contribution >= 4 is 5.96 Å². The number of ether oxygens (including phenoxy) is 1. The molecule has 0 spiro atoms. The third kappa shape index (κ3) is 10.1. The lowest BCUT2D eigenvalue weighted by atomic mass is 10.2. The summed E-state index contributed by atoms with van der Waals surface area (Å²) in [7, 11) is 1.72. The van der Waals surface area contributed by atoms with Crippen LogP contribution in [0.5, 0.6) is 0 Å².